The van der Waals surface area contributed by atoms with E-state index < -0.39 is 6.10 Å². The summed E-state index contributed by atoms with van der Waals surface area (Å²) < 4.78 is 10.3. The van der Waals surface area contributed by atoms with Crippen molar-refractivity contribution in [2.45, 2.75) is 181 Å². The summed E-state index contributed by atoms with van der Waals surface area (Å²) in [4.78, 5) is 23.7. The fourth-order valence-corrected chi connectivity index (χ4v) is 4.74. The Labute approximate surface area is 236 Å². The molecule has 0 aliphatic heterocycles. The van der Waals surface area contributed by atoms with Gasteiger partial charge in [-0.05, 0) is 18.8 Å². The molecule has 0 aromatic rings. The van der Waals surface area contributed by atoms with Gasteiger partial charge in [0, 0.05) is 12.8 Å². The molecule has 0 rings (SSSR count). The summed E-state index contributed by atoms with van der Waals surface area (Å²) in [6.45, 7) is 6.62. The first-order chi connectivity index (χ1) is 18.5. The summed E-state index contributed by atoms with van der Waals surface area (Å²) in [6, 6.07) is 0. The third-order valence-electron chi connectivity index (χ3n) is 7.27. The standard InChI is InChI=1S/C33H64O5/c1-4-5-6-7-8-13-17-20-23-26-32(35)37-28-31(34)29-38-33(36)27-24-21-18-15-12-10-9-11-14-16-19-22-25-30(2)3/h30-31,34H,4-29H2,1-3H3/t31-/m1/s1. The van der Waals surface area contributed by atoms with Crippen molar-refractivity contribution in [2.75, 3.05) is 13.2 Å². The molecule has 38 heavy (non-hydrogen) atoms. The summed E-state index contributed by atoms with van der Waals surface area (Å²) in [5, 5.41) is 9.93. The van der Waals surface area contributed by atoms with Crippen molar-refractivity contribution in [3.05, 3.63) is 0 Å². The Morgan fingerprint density at radius 2 is 0.842 bits per heavy atom. The van der Waals surface area contributed by atoms with Crippen molar-refractivity contribution in [1.82, 2.24) is 0 Å². The predicted octanol–water partition coefficient (Wildman–Crippen LogP) is 9.47. The van der Waals surface area contributed by atoms with Crippen LogP contribution >= 0.6 is 0 Å². The first-order valence-electron chi connectivity index (χ1n) is 16.4. The topological polar surface area (TPSA) is 72.8 Å². The zero-order valence-electron chi connectivity index (χ0n) is 25.6. The van der Waals surface area contributed by atoms with Crippen LogP contribution in [0.5, 0.6) is 0 Å². The van der Waals surface area contributed by atoms with Gasteiger partial charge in [0.1, 0.15) is 19.3 Å². The van der Waals surface area contributed by atoms with Crippen LogP contribution in [0.1, 0.15) is 175 Å². The molecule has 0 radical (unpaired) electrons. The summed E-state index contributed by atoms with van der Waals surface area (Å²) in [7, 11) is 0. The predicted molar refractivity (Wildman–Crippen MR) is 159 cm³/mol. The molecule has 1 atom stereocenters. The number of carbonyl (C=O) groups is 2. The molecule has 0 bridgehead atoms. The summed E-state index contributed by atoms with van der Waals surface area (Å²) in [5.74, 6) is 0.282. The van der Waals surface area contributed by atoms with Gasteiger partial charge in [-0.15, -0.1) is 0 Å². The Bertz CT molecular complexity index is 520. The minimum atomic E-state index is -0.953. The van der Waals surface area contributed by atoms with Gasteiger partial charge in [0.2, 0.25) is 0 Å². The number of unbranched alkanes of at least 4 members (excludes halogenated alkanes) is 19. The van der Waals surface area contributed by atoms with Crippen LogP contribution in [0.4, 0.5) is 0 Å². The maximum absolute atomic E-state index is 11.9. The fourth-order valence-electron chi connectivity index (χ4n) is 4.74. The largest absolute Gasteiger partial charge is 0.463 e. The average molecular weight is 541 g/mol. The molecule has 0 aromatic carbocycles. The van der Waals surface area contributed by atoms with Crippen LogP contribution in [-0.2, 0) is 19.1 Å². The molecule has 0 saturated heterocycles. The Balaban J connectivity index is 3.40. The van der Waals surface area contributed by atoms with Gasteiger partial charge in [-0.3, -0.25) is 9.59 Å². The van der Waals surface area contributed by atoms with E-state index in [9.17, 15) is 14.7 Å². The van der Waals surface area contributed by atoms with E-state index in [0.717, 1.165) is 38.0 Å². The SMILES string of the molecule is CCCCCCCCCCCC(=O)OC[C@@H](O)COC(=O)CCCCCCCCCCCCCCC(C)C. The lowest BCUT2D eigenvalue weighted by Crippen LogP contribution is -2.25. The Kier molecular flexibility index (Phi) is 28.1. The van der Waals surface area contributed by atoms with E-state index in [2.05, 4.69) is 20.8 Å². The lowest BCUT2D eigenvalue weighted by atomic mass is 10.0. The molecule has 226 valence electrons. The van der Waals surface area contributed by atoms with Gasteiger partial charge in [0.25, 0.3) is 0 Å². The van der Waals surface area contributed by atoms with Gasteiger partial charge in [-0.2, -0.15) is 0 Å². The highest BCUT2D eigenvalue weighted by Gasteiger charge is 2.12. The Hall–Kier alpha value is -1.10. The maximum atomic E-state index is 11.9. The number of hydrogen-bond acceptors (Lipinski definition) is 5. The van der Waals surface area contributed by atoms with Crippen molar-refractivity contribution in [3.8, 4) is 0 Å². The Morgan fingerprint density at radius 1 is 0.526 bits per heavy atom. The summed E-state index contributed by atoms with van der Waals surface area (Å²) in [5.41, 5.74) is 0. The van der Waals surface area contributed by atoms with Crippen LogP contribution in [0.15, 0.2) is 0 Å². The first kappa shape index (κ1) is 36.9. The van der Waals surface area contributed by atoms with Crippen molar-refractivity contribution in [1.29, 1.82) is 0 Å². The lowest BCUT2D eigenvalue weighted by Gasteiger charge is -2.12. The zero-order valence-corrected chi connectivity index (χ0v) is 25.6. The van der Waals surface area contributed by atoms with Crippen molar-refractivity contribution < 1.29 is 24.2 Å². The molecule has 0 fully saturated rings. The molecule has 0 aliphatic carbocycles. The number of rotatable bonds is 29. The number of esters is 2. The van der Waals surface area contributed by atoms with E-state index in [1.165, 1.54) is 109 Å². The molecule has 0 amide bonds. The van der Waals surface area contributed by atoms with Gasteiger partial charge in [-0.25, -0.2) is 0 Å². The van der Waals surface area contributed by atoms with Gasteiger partial charge in [0.05, 0.1) is 0 Å². The van der Waals surface area contributed by atoms with E-state index in [1.807, 2.05) is 0 Å². The molecule has 5 heteroatoms. The van der Waals surface area contributed by atoms with Crippen molar-refractivity contribution >= 4 is 11.9 Å². The maximum Gasteiger partial charge on any atom is 0.305 e. The quantitative estimate of drug-likeness (QED) is 0.0755. The fraction of sp³-hybridized carbons (Fsp3) is 0.939. The highest BCUT2D eigenvalue weighted by Crippen LogP contribution is 2.15. The Morgan fingerprint density at radius 3 is 1.18 bits per heavy atom. The third kappa shape index (κ3) is 29.5. The molecule has 0 spiro atoms. The number of ether oxygens (including phenoxy) is 2. The number of aliphatic hydroxyl groups excluding tert-OH is 1. The van der Waals surface area contributed by atoms with Gasteiger partial charge in [0.15, 0.2) is 0 Å². The third-order valence-corrected chi connectivity index (χ3v) is 7.27. The van der Waals surface area contributed by atoms with Crippen molar-refractivity contribution in [3.63, 3.8) is 0 Å². The molecule has 0 saturated carbocycles. The molecular weight excluding hydrogens is 476 g/mol. The van der Waals surface area contributed by atoms with Crippen LogP contribution in [-0.4, -0.2) is 36.4 Å². The van der Waals surface area contributed by atoms with Gasteiger partial charge < -0.3 is 14.6 Å². The van der Waals surface area contributed by atoms with Crippen LogP contribution < -0.4 is 0 Å². The minimum Gasteiger partial charge on any atom is -0.463 e. The second kappa shape index (κ2) is 28.9. The van der Waals surface area contributed by atoms with Crippen LogP contribution in [0.3, 0.4) is 0 Å². The molecule has 0 unspecified atom stereocenters. The van der Waals surface area contributed by atoms with E-state index in [0.29, 0.717) is 12.8 Å². The first-order valence-corrected chi connectivity index (χ1v) is 16.4. The molecular formula is C33H64O5. The van der Waals surface area contributed by atoms with E-state index in [1.54, 1.807) is 0 Å². The minimum absolute atomic E-state index is 0.109. The lowest BCUT2D eigenvalue weighted by molar-refractivity contribution is -0.152. The number of hydrogen-bond donors (Lipinski definition) is 1. The zero-order chi connectivity index (χ0) is 28.1. The molecule has 1 N–H and O–H groups in total. The highest BCUT2D eigenvalue weighted by atomic mass is 16.6. The smallest absolute Gasteiger partial charge is 0.305 e. The highest BCUT2D eigenvalue weighted by molar-refractivity contribution is 5.69. The van der Waals surface area contributed by atoms with E-state index >= 15 is 0 Å². The van der Waals surface area contributed by atoms with Crippen LogP contribution in [0.2, 0.25) is 0 Å². The molecule has 0 heterocycles. The summed E-state index contributed by atoms with van der Waals surface area (Å²) >= 11 is 0. The van der Waals surface area contributed by atoms with E-state index in [-0.39, 0.29) is 25.2 Å². The van der Waals surface area contributed by atoms with Gasteiger partial charge in [-0.1, -0.05) is 149 Å². The van der Waals surface area contributed by atoms with Gasteiger partial charge >= 0.3 is 11.9 Å². The average Bonchev–Trinajstić information content (AvgIpc) is 2.89. The summed E-state index contributed by atoms with van der Waals surface area (Å²) in [6.07, 6.45) is 27.2. The molecule has 0 aromatic heterocycles. The second-order valence-electron chi connectivity index (χ2n) is 11.8. The van der Waals surface area contributed by atoms with Crippen LogP contribution in [0, 0.1) is 5.92 Å². The second-order valence-corrected chi connectivity index (χ2v) is 11.8. The monoisotopic (exact) mass is 540 g/mol. The number of aliphatic hydroxyl groups is 1. The molecule has 5 nitrogen and oxygen atoms in total. The van der Waals surface area contributed by atoms with E-state index in [4.69, 9.17) is 9.47 Å². The van der Waals surface area contributed by atoms with Crippen molar-refractivity contribution in [2.24, 2.45) is 5.92 Å². The molecule has 0 aliphatic rings. The normalized spacial score (nSPS) is 12.1. The van der Waals surface area contributed by atoms with Crippen LogP contribution in [0.25, 0.3) is 0 Å². The number of carbonyl (C=O) groups excluding carboxylic acids is 2.